The van der Waals surface area contributed by atoms with E-state index in [1.165, 1.54) is 12.7 Å². The van der Waals surface area contributed by atoms with Crippen LogP contribution in [0.3, 0.4) is 0 Å². The number of ether oxygens (including phenoxy) is 1. The van der Waals surface area contributed by atoms with E-state index in [0.717, 1.165) is 13.0 Å². The normalized spacial score (nSPS) is 25.1. The molecule has 0 aliphatic carbocycles. The molecule has 0 spiro atoms. The number of hydrogen-bond donors (Lipinski definition) is 1. The second-order valence-corrected chi connectivity index (χ2v) is 5.09. The second kappa shape index (κ2) is 5.62. The standard InChI is InChI=1S/C12H17NO3S/c1-16-12(15)11-6-10(14)7-13(11)4-2-9-3-5-17-8-9/h3,5,8,10-11,14H,2,4,6-7H2,1H3. The highest BCUT2D eigenvalue weighted by molar-refractivity contribution is 7.07. The SMILES string of the molecule is COC(=O)C1CC(O)CN1CCc1ccsc1. The zero-order valence-electron chi connectivity index (χ0n) is 9.83. The summed E-state index contributed by atoms with van der Waals surface area (Å²) in [7, 11) is 1.39. The van der Waals surface area contributed by atoms with Crippen LogP contribution in [0.25, 0.3) is 0 Å². The van der Waals surface area contributed by atoms with Crippen molar-refractivity contribution in [1.29, 1.82) is 0 Å². The molecule has 0 saturated carbocycles. The first-order valence-corrected chi connectivity index (χ1v) is 6.66. The summed E-state index contributed by atoms with van der Waals surface area (Å²) < 4.78 is 4.76. The van der Waals surface area contributed by atoms with Crippen molar-refractivity contribution < 1.29 is 14.6 Å². The summed E-state index contributed by atoms with van der Waals surface area (Å²) in [6, 6.07) is 1.80. The number of aliphatic hydroxyl groups excluding tert-OH is 1. The number of aliphatic hydroxyl groups is 1. The molecule has 1 saturated heterocycles. The number of esters is 1. The fourth-order valence-electron chi connectivity index (χ4n) is 2.22. The van der Waals surface area contributed by atoms with Gasteiger partial charge in [0.1, 0.15) is 6.04 Å². The molecule has 4 nitrogen and oxygen atoms in total. The Labute approximate surface area is 105 Å². The van der Waals surface area contributed by atoms with Crippen molar-refractivity contribution in [2.75, 3.05) is 20.2 Å². The summed E-state index contributed by atoms with van der Waals surface area (Å²) in [5.74, 6) is -0.244. The summed E-state index contributed by atoms with van der Waals surface area (Å²) in [6.45, 7) is 1.34. The molecule has 1 aromatic heterocycles. The summed E-state index contributed by atoms with van der Waals surface area (Å²) in [6.07, 6.45) is 0.974. The average Bonchev–Trinajstić information content (AvgIpc) is 2.94. The first kappa shape index (κ1) is 12.5. The minimum atomic E-state index is -0.415. The van der Waals surface area contributed by atoms with Crippen LogP contribution in [-0.4, -0.2) is 48.3 Å². The molecule has 0 aromatic carbocycles. The quantitative estimate of drug-likeness (QED) is 0.812. The molecular formula is C12H17NO3S. The summed E-state index contributed by atoms with van der Waals surface area (Å²) in [5, 5.41) is 13.8. The lowest BCUT2D eigenvalue weighted by Gasteiger charge is -2.21. The van der Waals surface area contributed by atoms with Gasteiger partial charge in [-0.05, 0) is 28.8 Å². The van der Waals surface area contributed by atoms with Gasteiger partial charge in [-0.25, -0.2) is 0 Å². The van der Waals surface area contributed by atoms with E-state index in [9.17, 15) is 9.90 Å². The smallest absolute Gasteiger partial charge is 0.323 e. The monoisotopic (exact) mass is 255 g/mol. The van der Waals surface area contributed by atoms with Crippen LogP contribution < -0.4 is 0 Å². The first-order valence-electron chi connectivity index (χ1n) is 5.71. The maximum absolute atomic E-state index is 11.6. The Morgan fingerprint density at radius 2 is 2.53 bits per heavy atom. The van der Waals surface area contributed by atoms with Gasteiger partial charge in [0.15, 0.2) is 0 Å². The Hall–Kier alpha value is -0.910. The lowest BCUT2D eigenvalue weighted by atomic mass is 10.2. The van der Waals surface area contributed by atoms with E-state index in [4.69, 9.17) is 4.74 Å². The third kappa shape index (κ3) is 3.06. The van der Waals surface area contributed by atoms with E-state index in [2.05, 4.69) is 11.4 Å². The molecular weight excluding hydrogens is 238 g/mol. The lowest BCUT2D eigenvalue weighted by molar-refractivity contribution is -0.145. The highest BCUT2D eigenvalue weighted by atomic mass is 32.1. The molecule has 1 N–H and O–H groups in total. The number of hydrogen-bond acceptors (Lipinski definition) is 5. The van der Waals surface area contributed by atoms with Crippen LogP contribution in [0.1, 0.15) is 12.0 Å². The van der Waals surface area contributed by atoms with Gasteiger partial charge in [-0.3, -0.25) is 9.69 Å². The zero-order valence-corrected chi connectivity index (χ0v) is 10.7. The van der Waals surface area contributed by atoms with E-state index < -0.39 is 6.10 Å². The van der Waals surface area contributed by atoms with Crippen LogP contribution in [0.5, 0.6) is 0 Å². The number of nitrogens with zero attached hydrogens (tertiary/aromatic N) is 1. The van der Waals surface area contributed by atoms with Gasteiger partial charge in [0.25, 0.3) is 0 Å². The fourth-order valence-corrected chi connectivity index (χ4v) is 2.92. The van der Waals surface area contributed by atoms with Gasteiger partial charge >= 0.3 is 5.97 Å². The number of carbonyl (C=O) groups is 1. The highest BCUT2D eigenvalue weighted by Crippen LogP contribution is 2.19. The number of rotatable bonds is 4. The fraction of sp³-hybridized carbons (Fsp3) is 0.583. The summed E-state index contributed by atoms with van der Waals surface area (Å²) in [4.78, 5) is 13.6. The van der Waals surface area contributed by atoms with Crippen LogP contribution in [0, 0.1) is 0 Å². The maximum Gasteiger partial charge on any atom is 0.323 e. The highest BCUT2D eigenvalue weighted by Gasteiger charge is 2.36. The molecule has 2 atom stereocenters. The molecule has 1 aromatic rings. The van der Waals surface area contributed by atoms with Crippen LogP contribution in [0.15, 0.2) is 16.8 Å². The van der Waals surface area contributed by atoms with Crippen molar-refractivity contribution >= 4 is 17.3 Å². The van der Waals surface area contributed by atoms with Crippen LogP contribution in [0.4, 0.5) is 0 Å². The second-order valence-electron chi connectivity index (χ2n) is 4.31. The van der Waals surface area contributed by atoms with E-state index in [0.29, 0.717) is 13.0 Å². The molecule has 0 bridgehead atoms. The third-order valence-corrected chi connectivity index (χ3v) is 3.85. The molecule has 2 unspecified atom stereocenters. The van der Waals surface area contributed by atoms with Gasteiger partial charge in [0.05, 0.1) is 13.2 Å². The molecule has 94 valence electrons. The predicted octanol–water partition coefficient (Wildman–Crippen LogP) is 0.899. The Bertz CT molecular complexity index is 366. The molecule has 0 radical (unpaired) electrons. The molecule has 1 aliphatic rings. The number of methoxy groups -OCH3 is 1. The Balaban J connectivity index is 1.91. The first-order chi connectivity index (χ1) is 8.20. The number of carbonyl (C=O) groups excluding carboxylic acids is 1. The number of thiophene rings is 1. The maximum atomic E-state index is 11.6. The van der Waals surface area contributed by atoms with Crippen molar-refractivity contribution in [3.63, 3.8) is 0 Å². The van der Waals surface area contributed by atoms with Crippen molar-refractivity contribution in [1.82, 2.24) is 4.90 Å². The minimum Gasteiger partial charge on any atom is -0.468 e. The Kier molecular flexibility index (Phi) is 4.15. The van der Waals surface area contributed by atoms with Gasteiger partial charge < -0.3 is 9.84 Å². The Morgan fingerprint density at radius 1 is 1.71 bits per heavy atom. The van der Waals surface area contributed by atoms with E-state index in [1.807, 2.05) is 10.3 Å². The molecule has 5 heteroatoms. The van der Waals surface area contributed by atoms with E-state index in [-0.39, 0.29) is 12.0 Å². The topological polar surface area (TPSA) is 49.8 Å². The number of β-amino-alcohol motifs (C(OH)–C–C–N with tert-alkyl or cyclic N) is 1. The molecule has 17 heavy (non-hydrogen) atoms. The largest absolute Gasteiger partial charge is 0.468 e. The van der Waals surface area contributed by atoms with Crippen molar-refractivity contribution in [2.24, 2.45) is 0 Å². The van der Waals surface area contributed by atoms with Crippen LogP contribution in [-0.2, 0) is 16.0 Å². The van der Waals surface area contributed by atoms with Gasteiger partial charge in [0.2, 0.25) is 0 Å². The zero-order chi connectivity index (χ0) is 12.3. The Morgan fingerprint density at radius 3 is 3.18 bits per heavy atom. The summed E-state index contributed by atoms with van der Waals surface area (Å²) >= 11 is 1.67. The summed E-state index contributed by atoms with van der Waals surface area (Å²) in [5.41, 5.74) is 1.28. The van der Waals surface area contributed by atoms with Crippen molar-refractivity contribution in [2.45, 2.75) is 25.0 Å². The minimum absolute atomic E-state index is 0.244. The molecule has 2 rings (SSSR count). The molecule has 2 heterocycles. The van der Waals surface area contributed by atoms with Gasteiger partial charge in [-0.15, -0.1) is 0 Å². The van der Waals surface area contributed by atoms with Crippen molar-refractivity contribution in [3.05, 3.63) is 22.4 Å². The van der Waals surface area contributed by atoms with Crippen molar-refractivity contribution in [3.8, 4) is 0 Å². The van der Waals surface area contributed by atoms with Crippen LogP contribution >= 0.6 is 11.3 Å². The van der Waals surface area contributed by atoms with Gasteiger partial charge in [0, 0.05) is 19.5 Å². The van der Waals surface area contributed by atoms with E-state index >= 15 is 0 Å². The third-order valence-electron chi connectivity index (χ3n) is 3.12. The van der Waals surface area contributed by atoms with Crippen LogP contribution in [0.2, 0.25) is 0 Å². The van der Waals surface area contributed by atoms with Gasteiger partial charge in [-0.1, -0.05) is 0 Å². The van der Waals surface area contributed by atoms with Gasteiger partial charge in [-0.2, -0.15) is 11.3 Å². The molecule has 1 aliphatic heterocycles. The average molecular weight is 255 g/mol. The molecule has 0 amide bonds. The molecule has 1 fully saturated rings. The lowest BCUT2D eigenvalue weighted by Crippen LogP contribution is -2.38. The van der Waals surface area contributed by atoms with E-state index in [1.54, 1.807) is 11.3 Å². The predicted molar refractivity (Wildman–Crippen MR) is 66.0 cm³/mol. The number of likely N-dealkylation sites (tertiary alicyclic amines) is 1.